The van der Waals surface area contributed by atoms with Gasteiger partial charge >= 0.3 is 0 Å². The molecule has 0 aliphatic rings. The van der Waals surface area contributed by atoms with Crippen LogP contribution in [0.5, 0.6) is 0 Å². The van der Waals surface area contributed by atoms with Crippen molar-refractivity contribution in [3.8, 4) is 0 Å². The number of nitrogens with one attached hydrogen (secondary N) is 1. The van der Waals surface area contributed by atoms with Gasteiger partial charge in [-0.3, -0.25) is 4.68 Å². The van der Waals surface area contributed by atoms with Gasteiger partial charge in [0, 0.05) is 18.8 Å². The Balaban J connectivity index is 2.28. The molecular formula is C13H25N3. The van der Waals surface area contributed by atoms with Crippen LogP contribution in [0.3, 0.4) is 0 Å². The Morgan fingerprint density at radius 2 is 2.06 bits per heavy atom. The first kappa shape index (κ1) is 13.2. The van der Waals surface area contributed by atoms with E-state index >= 15 is 0 Å². The lowest BCUT2D eigenvalue weighted by atomic mass is 10.1. The first-order valence-electron chi connectivity index (χ1n) is 6.21. The van der Waals surface area contributed by atoms with Crippen LogP contribution in [-0.4, -0.2) is 22.4 Å². The van der Waals surface area contributed by atoms with Gasteiger partial charge in [-0.15, -0.1) is 0 Å². The average molecular weight is 223 g/mol. The maximum absolute atomic E-state index is 4.25. The molecule has 1 atom stereocenters. The molecule has 0 amide bonds. The molecule has 0 spiro atoms. The van der Waals surface area contributed by atoms with E-state index in [1.54, 1.807) is 0 Å². The fourth-order valence-corrected chi connectivity index (χ4v) is 2.03. The number of aromatic nitrogens is 2. The molecule has 0 bridgehead atoms. The van der Waals surface area contributed by atoms with Gasteiger partial charge in [0.25, 0.3) is 0 Å². The van der Waals surface area contributed by atoms with Crippen LogP contribution in [-0.2, 0) is 13.5 Å². The van der Waals surface area contributed by atoms with Gasteiger partial charge in [-0.05, 0) is 44.7 Å². The summed E-state index contributed by atoms with van der Waals surface area (Å²) >= 11 is 0. The molecule has 1 aromatic heterocycles. The van der Waals surface area contributed by atoms with Crippen molar-refractivity contribution >= 4 is 0 Å². The smallest absolute Gasteiger partial charge is 0.0524 e. The molecule has 16 heavy (non-hydrogen) atoms. The zero-order chi connectivity index (χ0) is 12.1. The Morgan fingerprint density at radius 1 is 1.38 bits per heavy atom. The maximum atomic E-state index is 4.25. The molecule has 92 valence electrons. The lowest BCUT2D eigenvalue weighted by Gasteiger charge is -2.15. The highest BCUT2D eigenvalue weighted by atomic mass is 15.3. The second-order valence-electron chi connectivity index (χ2n) is 5.11. The van der Waals surface area contributed by atoms with Gasteiger partial charge in [0.2, 0.25) is 0 Å². The number of rotatable bonds is 6. The van der Waals surface area contributed by atoms with Crippen molar-refractivity contribution in [3.63, 3.8) is 0 Å². The Hall–Kier alpha value is -0.830. The van der Waals surface area contributed by atoms with E-state index in [4.69, 9.17) is 0 Å². The van der Waals surface area contributed by atoms with Gasteiger partial charge in [0.15, 0.2) is 0 Å². The molecule has 1 rings (SSSR count). The molecule has 0 aliphatic heterocycles. The van der Waals surface area contributed by atoms with Crippen molar-refractivity contribution in [1.29, 1.82) is 0 Å². The summed E-state index contributed by atoms with van der Waals surface area (Å²) in [6.45, 7) is 9.96. The highest BCUT2D eigenvalue weighted by Crippen LogP contribution is 2.07. The minimum absolute atomic E-state index is 0.608. The SMILES string of the molecule is Cc1c(CCNC(C)CC(C)C)cnn1C. The summed E-state index contributed by atoms with van der Waals surface area (Å²) in [5, 5.41) is 7.81. The minimum atomic E-state index is 0.608. The summed E-state index contributed by atoms with van der Waals surface area (Å²) < 4.78 is 1.94. The largest absolute Gasteiger partial charge is 0.314 e. The van der Waals surface area contributed by atoms with Crippen LogP contribution in [0.25, 0.3) is 0 Å². The van der Waals surface area contributed by atoms with Crippen molar-refractivity contribution in [2.24, 2.45) is 13.0 Å². The molecule has 1 N–H and O–H groups in total. The molecule has 0 saturated heterocycles. The van der Waals surface area contributed by atoms with E-state index in [0.717, 1.165) is 18.9 Å². The van der Waals surface area contributed by atoms with Gasteiger partial charge in [-0.2, -0.15) is 5.10 Å². The molecule has 1 aromatic rings. The first-order chi connectivity index (χ1) is 7.50. The molecule has 3 nitrogen and oxygen atoms in total. The first-order valence-corrected chi connectivity index (χ1v) is 6.21. The summed E-state index contributed by atoms with van der Waals surface area (Å²) in [6, 6.07) is 0.608. The van der Waals surface area contributed by atoms with Crippen molar-refractivity contribution in [2.45, 2.75) is 46.6 Å². The Morgan fingerprint density at radius 3 is 2.56 bits per heavy atom. The van der Waals surface area contributed by atoms with Gasteiger partial charge in [-0.25, -0.2) is 0 Å². The van der Waals surface area contributed by atoms with E-state index in [0.29, 0.717) is 6.04 Å². The number of nitrogens with zero attached hydrogens (tertiary/aromatic N) is 2. The normalized spacial score (nSPS) is 13.4. The minimum Gasteiger partial charge on any atom is -0.314 e. The maximum Gasteiger partial charge on any atom is 0.0524 e. The van der Waals surface area contributed by atoms with Gasteiger partial charge in [0.1, 0.15) is 0 Å². The predicted molar refractivity (Wildman–Crippen MR) is 68.6 cm³/mol. The van der Waals surface area contributed by atoms with Crippen LogP contribution in [0.15, 0.2) is 6.20 Å². The summed E-state index contributed by atoms with van der Waals surface area (Å²) in [4.78, 5) is 0. The third-order valence-electron chi connectivity index (χ3n) is 3.05. The second-order valence-corrected chi connectivity index (χ2v) is 5.11. The Labute approximate surface area is 99.2 Å². The van der Waals surface area contributed by atoms with Crippen LogP contribution in [0.1, 0.15) is 38.4 Å². The average Bonchev–Trinajstić information content (AvgIpc) is 2.48. The number of aryl methyl sites for hydroxylation is 1. The molecule has 0 radical (unpaired) electrons. The standard InChI is InChI=1S/C13H25N3/c1-10(2)8-11(3)14-7-6-13-9-15-16(5)12(13)4/h9-11,14H,6-8H2,1-5H3. The third-order valence-corrected chi connectivity index (χ3v) is 3.05. The molecule has 1 unspecified atom stereocenters. The third kappa shape index (κ3) is 3.97. The van der Waals surface area contributed by atoms with Crippen LogP contribution < -0.4 is 5.32 Å². The van der Waals surface area contributed by atoms with E-state index in [1.807, 2.05) is 17.9 Å². The fraction of sp³-hybridized carbons (Fsp3) is 0.769. The quantitative estimate of drug-likeness (QED) is 0.802. The van der Waals surface area contributed by atoms with E-state index in [-0.39, 0.29) is 0 Å². The topological polar surface area (TPSA) is 29.9 Å². The highest BCUT2D eigenvalue weighted by molar-refractivity contribution is 5.16. The van der Waals surface area contributed by atoms with Crippen molar-refractivity contribution in [3.05, 3.63) is 17.5 Å². The van der Waals surface area contributed by atoms with Gasteiger partial charge in [0.05, 0.1) is 6.20 Å². The van der Waals surface area contributed by atoms with E-state index in [1.165, 1.54) is 17.7 Å². The molecular weight excluding hydrogens is 198 g/mol. The molecule has 0 aromatic carbocycles. The summed E-state index contributed by atoms with van der Waals surface area (Å²) in [5.41, 5.74) is 2.63. The van der Waals surface area contributed by atoms with Crippen LogP contribution >= 0.6 is 0 Å². The van der Waals surface area contributed by atoms with E-state index in [9.17, 15) is 0 Å². The molecule has 0 aliphatic carbocycles. The van der Waals surface area contributed by atoms with Crippen LogP contribution in [0.2, 0.25) is 0 Å². The van der Waals surface area contributed by atoms with Crippen molar-refractivity contribution in [2.75, 3.05) is 6.54 Å². The Kier molecular flexibility index (Phi) is 5.00. The summed E-state index contributed by atoms with van der Waals surface area (Å²) in [5.74, 6) is 0.766. The zero-order valence-electron chi connectivity index (χ0n) is 11.2. The van der Waals surface area contributed by atoms with Crippen LogP contribution in [0, 0.1) is 12.8 Å². The van der Waals surface area contributed by atoms with Gasteiger partial charge < -0.3 is 5.32 Å². The van der Waals surface area contributed by atoms with Crippen molar-refractivity contribution in [1.82, 2.24) is 15.1 Å². The van der Waals surface area contributed by atoms with Gasteiger partial charge in [-0.1, -0.05) is 13.8 Å². The Bertz CT molecular complexity index is 315. The monoisotopic (exact) mass is 223 g/mol. The van der Waals surface area contributed by atoms with Crippen molar-refractivity contribution < 1.29 is 0 Å². The predicted octanol–water partition coefficient (Wildman–Crippen LogP) is 2.30. The summed E-state index contributed by atoms with van der Waals surface area (Å²) in [7, 11) is 1.99. The lowest BCUT2D eigenvalue weighted by Crippen LogP contribution is -2.29. The van der Waals surface area contributed by atoms with Crippen LogP contribution in [0.4, 0.5) is 0 Å². The lowest BCUT2D eigenvalue weighted by molar-refractivity contribution is 0.444. The summed E-state index contributed by atoms with van der Waals surface area (Å²) in [6.07, 6.45) is 4.29. The second kappa shape index (κ2) is 6.04. The van der Waals surface area contributed by atoms with E-state index < -0.39 is 0 Å². The molecule has 3 heteroatoms. The highest BCUT2D eigenvalue weighted by Gasteiger charge is 2.06. The zero-order valence-corrected chi connectivity index (χ0v) is 11.2. The molecule has 1 heterocycles. The van der Waals surface area contributed by atoms with E-state index in [2.05, 4.69) is 38.1 Å². The molecule has 0 fully saturated rings. The number of hydrogen-bond donors (Lipinski definition) is 1. The fourth-order valence-electron chi connectivity index (χ4n) is 2.03. The molecule has 0 saturated carbocycles. The number of hydrogen-bond acceptors (Lipinski definition) is 2.